The maximum Gasteiger partial charge on any atom is 0.270 e. The van der Waals surface area contributed by atoms with Crippen LogP contribution in [0.3, 0.4) is 0 Å². The molecule has 1 aromatic carbocycles. The van der Waals surface area contributed by atoms with Gasteiger partial charge >= 0.3 is 0 Å². The highest BCUT2D eigenvalue weighted by Gasteiger charge is 2.10. The van der Waals surface area contributed by atoms with Crippen LogP contribution in [-0.4, -0.2) is 20.9 Å². The van der Waals surface area contributed by atoms with Crippen LogP contribution in [0.1, 0.15) is 27.4 Å². The standard InChI is InChI=1S/C19H19N5O/c1-13-5-7-16(8-6-13)24-18-10-17(22-14(2)23-18)19(25)21-12-15-4-3-9-20-11-15/h3-11H,12H2,1-2H3,(H,21,25)(H,22,23,24). The Hall–Kier alpha value is -3.28. The summed E-state index contributed by atoms with van der Waals surface area (Å²) in [6.45, 7) is 4.19. The fourth-order valence-corrected chi connectivity index (χ4v) is 2.31. The molecule has 0 bridgehead atoms. The molecule has 6 nitrogen and oxygen atoms in total. The Labute approximate surface area is 146 Å². The summed E-state index contributed by atoms with van der Waals surface area (Å²) in [6, 6.07) is 13.3. The zero-order valence-corrected chi connectivity index (χ0v) is 14.2. The second-order valence-corrected chi connectivity index (χ2v) is 5.72. The minimum atomic E-state index is -0.249. The average Bonchev–Trinajstić information content (AvgIpc) is 2.62. The molecule has 0 spiro atoms. The molecule has 126 valence electrons. The number of benzene rings is 1. The Bertz CT molecular complexity index is 863. The minimum absolute atomic E-state index is 0.249. The predicted molar refractivity (Wildman–Crippen MR) is 96.6 cm³/mol. The molecule has 0 saturated carbocycles. The van der Waals surface area contributed by atoms with Gasteiger partial charge in [-0.05, 0) is 37.6 Å². The van der Waals surface area contributed by atoms with E-state index in [-0.39, 0.29) is 5.91 Å². The minimum Gasteiger partial charge on any atom is -0.347 e. The molecule has 0 atom stereocenters. The summed E-state index contributed by atoms with van der Waals surface area (Å²) in [4.78, 5) is 25.0. The third kappa shape index (κ3) is 4.60. The molecule has 3 aromatic rings. The van der Waals surface area contributed by atoms with Crippen molar-refractivity contribution in [3.05, 3.63) is 77.5 Å². The highest BCUT2D eigenvalue weighted by molar-refractivity contribution is 5.93. The van der Waals surface area contributed by atoms with Crippen molar-refractivity contribution >= 4 is 17.4 Å². The number of hydrogen-bond donors (Lipinski definition) is 2. The van der Waals surface area contributed by atoms with Crippen LogP contribution < -0.4 is 10.6 Å². The van der Waals surface area contributed by atoms with Gasteiger partial charge in [0.05, 0.1) is 0 Å². The predicted octanol–water partition coefficient (Wildman–Crippen LogP) is 3.16. The molecule has 25 heavy (non-hydrogen) atoms. The van der Waals surface area contributed by atoms with Crippen LogP contribution in [0.15, 0.2) is 54.9 Å². The van der Waals surface area contributed by atoms with Gasteiger partial charge in [0, 0.05) is 30.7 Å². The Morgan fingerprint density at radius 1 is 1.08 bits per heavy atom. The lowest BCUT2D eigenvalue weighted by atomic mass is 10.2. The quantitative estimate of drug-likeness (QED) is 0.750. The van der Waals surface area contributed by atoms with Crippen LogP contribution in [0.5, 0.6) is 0 Å². The van der Waals surface area contributed by atoms with Gasteiger partial charge in [0.1, 0.15) is 17.3 Å². The molecule has 6 heteroatoms. The highest BCUT2D eigenvalue weighted by atomic mass is 16.1. The largest absolute Gasteiger partial charge is 0.347 e. The molecule has 0 radical (unpaired) electrons. The van der Waals surface area contributed by atoms with Crippen molar-refractivity contribution in [2.24, 2.45) is 0 Å². The molecular weight excluding hydrogens is 314 g/mol. The molecule has 1 amide bonds. The first-order valence-electron chi connectivity index (χ1n) is 7.96. The van der Waals surface area contributed by atoms with Crippen molar-refractivity contribution in [2.45, 2.75) is 20.4 Å². The monoisotopic (exact) mass is 333 g/mol. The normalized spacial score (nSPS) is 10.3. The number of aromatic nitrogens is 3. The summed E-state index contributed by atoms with van der Waals surface area (Å²) in [6.07, 6.45) is 3.41. The number of nitrogens with one attached hydrogen (secondary N) is 2. The molecule has 0 fully saturated rings. The topological polar surface area (TPSA) is 79.8 Å². The lowest BCUT2D eigenvalue weighted by Crippen LogP contribution is -2.24. The first-order valence-corrected chi connectivity index (χ1v) is 7.96. The van der Waals surface area contributed by atoms with Crippen LogP contribution in [0.4, 0.5) is 11.5 Å². The number of aryl methyl sites for hydroxylation is 2. The van der Waals surface area contributed by atoms with Crippen LogP contribution in [-0.2, 0) is 6.54 Å². The van der Waals surface area contributed by atoms with Crippen molar-refractivity contribution in [3.8, 4) is 0 Å². The smallest absolute Gasteiger partial charge is 0.270 e. The van der Waals surface area contributed by atoms with Gasteiger partial charge in [-0.15, -0.1) is 0 Å². The zero-order valence-electron chi connectivity index (χ0n) is 14.2. The third-order valence-corrected chi connectivity index (χ3v) is 3.57. The number of nitrogens with zero attached hydrogens (tertiary/aromatic N) is 3. The van der Waals surface area contributed by atoms with Crippen LogP contribution in [0.2, 0.25) is 0 Å². The summed E-state index contributed by atoms with van der Waals surface area (Å²) in [5, 5.41) is 6.04. The van der Waals surface area contributed by atoms with Gasteiger partial charge in [0.15, 0.2) is 0 Å². The van der Waals surface area contributed by atoms with Crippen LogP contribution in [0.25, 0.3) is 0 Å². The van der Waals surface area contributed by atoms with Gasteiger partial charge in [-0.2, -0.15) is 0 Å². The van der Waals surface area contributed by atoms with Crippen LogP contribution in [0, 0.1) is 13.8 Å². The van der Waals surface area contributed by atoms with E-state index in [1.54, 1.807) is 25.4 Å². The van der Waals surface area contributed by atoms with E-state index in [4.69, 9.17) is 0 Å². The van der Waals surface area contributed by atoms with E-state index in [9.17, 15) is 4.79 Å². The third-order valence-electron chi connectivity index (χ3n) is 3.57. The maximum atomic E-state index is 12.4. The molecule has 0 aliphatic heterocycles. The summed E-state index contributed by atoms with van der Waals surface area (Å²) in [5.74, 6) is 0.868. The Morgan fingerprint density at radius 3 is 2.60 bits per heavy atom. The van der Waals surface area contributed by atoms with E-state index in [1.165, 1.54) is 5.56 Å². The Kier molecular flexibility index (Phi) is 4.99. The fourth-order valence-electron chi connectivity index (χ4n) is 2.31. The molecule has 0 aliphatic rings. The van der Waals surface area contributed by atoms with Crippen molar-refractivity contribution in [2.75, 3.05) is 5.32 Å². The van der Waals surface area contributed by atoms with E-state index >= 15 is 0 Å². The fraction of sp³-hybridized carbons (Fsp3) is 0.158. The first-order chi connectivity index (χ1) is 12.1. The van der Waals surface area contributed by atoms with Crippen molar-refractivity contribution in [3.63, 3.8) is 0 Å². The second-order valence-electron chi connectivity index (χ2n) is 5.72. The van der Waals surface area contributed by atoms with E-state index in [1.807, 2.05) is 43.3 Å². The van der Waals surface area contributed by atoms with Gasteiger partial charge in [0.25, 0.3) is 5.91 Å². The number of amides is 1. The molecule has 3 rings (SSSR count). The first kappa shape index (κ1) is 16.6. The van der Waals surface area contributed by atoms with Crippen molar-refractivity contribution < 1.29 is 4.79 Å². The highest BCUT2D eigenvalue weighted by Crippen LogP contribution is 2.16. The summed E-state index contributed by atoms with van der Waals surface area (Å²) in [7, 11) is 0. The van der Waals surface area contributed by atoms with Gasteiger partial charge in [0.2, 0.25) is 0 Å². The van der Waals surface area contributed by atoms with Gasteiger partial charge in [-0.25, -0.2) is 9.97 Å². The zero-order chi connectivity index (χ0) is 17.6. The van der Waals surface area contributed by atoms with Gasteiger partial charge in [-0.3, -0.25) is 9.78 Å². The SMILES string of the molecule is Cc1ccc(Nc2cc(C(=O)NCc3cccnc3)nc(C)n2)cc1. The van der Waals surface area contributed by atoms with Crippen molar-refractivity contribution in [1.29, 1.82) is 0 Å². The number of pyridine rings is 1. The maximum absolute atomic E-state index is 12.4. The Morgan fingerprint density at radius 2 is 1.88 bits per heavy atom. The van der Waals surface area contributed by atoms with Crippen LogP contribution >= 0.6 is 0 Å². The van der Waals surface area contributed by atoms with E-state index in [2.05, 4.69) is 25.6 Å². The molecule has 2 heterocycles. The van der Waals surface area contributed by atoms with Gasteiger partial charge in [-0.1, -0.05) is 23.8 Å². The molecule has 2 N–H and O–H groups in total. The molecule has 2 aromatic heterocycles. The average molecular weight is 333 g/mol. The molecule has 0 aliphatic carbocycles. The number of anilines is 2. The number of rotatable bonds is 5. The number of hydrogen-bond acceptors (Lipinski definition) is 5. The van der Waals surface area contributed by atoms with E-state index in [0.717, 1.165) is 11.3 Å². The summed E-state index contributed by atoms with van der Waals surface area (Å²) < 4.78 is 0. The van der Waals surface area contributed by atoms with Crippen molar-refractivity contribution in [1.82, 2.24) is 20.3 Å². The lowest BCUT2D eigenvalue weighted by Gasteiger charge is -2.09. The van der Waals surface area contributed by atoms with E-state index in [0.29, 0.717) is 23.9 Å². The summed E-state index contributed by atoms with van der Waals surface area (Å²) in [5.41, 5.74) is 3.34. The molecule has 0 unspecified atom stereocenters. The lowest BCUT2D eigenvalue weighted by molar-refractivity contribution is 0.0945. The number of carbonyl (C=O) groups is 1. The molecular formula is C19H19N5O. The van der Waals surface area contributed by atoms with Gasteiger partial charge < -0.3 is 10.6 Å². The summed E-state index contributed by atoms with van der Waals surface area (Å²) >= 11 is 0. The second kappa shape index (κ2) is 7.53. The Balaban J connectivity index is 1.72. The molecule has 0 saturated heterocycles. The number of carbonyl (C=O) groups excluding carboxylic acids is 1. The van der Waals surface area contributed by atoms with E-state index < -0.39 is 0 Å².